The predicted molar refractivity (Wildman–Crippen MR) is 97.5 cm³/mol. The highest BCUT2D eigenvalue weighted by atomic mass is 16.3. The summed E-state index contributed by atoms with van der Waals surface area (Å²) in [6, 6.07) is 6.50. The second-order valence-corrected chi connectivity index (χ2v) is 7.16. The third-order valence-corrected chi connectivity index (χ3v) is 5.33. The first kappa shape index (κ1) is 17.4. The lowest BCUT2D eigenvalue weighted by Gasteiger charge is -2.32. The standard InChI is InChI=1S/C20H30N2O2/c1-2-10-22-11-3-4-16-15-17(5-6-19(16)22)20(24)9-14-21-12-7-18(23)8-13-21/h5-6,15,20,24H,2-4,7-14H2,1H3. The van der Waals surface area contributed by atoms with Crippen molar-refractivity contribution in [3.8, 4) is 0 Å². The Labute approximate surface area is 145 Å². The van der Waals surface area contributed by atoms with E-state index >= 15 is 0 Å². The van der Waals surface area contributed by atoms with Crippen LogP contribution in [0.5, 0.6) is 0 Å². The molecule has 0 radical (unpaired) electrons. The first-order valence-corrected chi connectivity index (χ1v) is 9.47. The van der Waals surface area contributed by atoms with Gasteiger partial charge in [0.1, 0.15) is 5.78 Å². The minimum Gasteiger partial charge on any atom is -0.388 e. The summed E-state index contributed by atoms with van der Waals surface area (Å²) in [5.74, 6) is 0.373. The van der Waals surface area contributed by atoms with Gasteiger partial charge in [0, 0.05) is 51.3 Å². The van der Waals surface area contributed by atoms with Crippen molar-refractivity contribution in [3.63, 3.8) is 0 Å². The molecule has 0 bridgehead atoms. The normalized spacial score (nSPS) is 20.1. The quantitative estimate of drug-likeness (QED) is 0.871. The number of carbonyl (C=O) groups excluding carboxylic acids is 1. The molecule has 0 saturated carbocycles. The summed E-state index contributed by atoms with van der Waals surface area (Å²) in [5, 5.41) is 10.6. The molecule has 0 spiro atoms. The van der Waals surface area contributed by atoms with Gasteiger partial charge in [-0.15, -0.1) is 0 Å². The number of carbonyl (C=O) groups is 1. The van der Waals surface area contributed by atoms with Crippen LogP contribution in [-0.2, 0) is 11.2 Å². The number of benzene rings is 1. The lowest BCUT2D eigenvalue weighted by molar-refractivity contribution is -0.121. The van der Waals surface area contributed by atoms with Gasteiger partial charge in [-0.25, -0.2) is 0 Å². The van der Waals surface area contributed by atoms with E-state index in [4.69, 9.17) is 0 Å². The van der Waals surface area contributed by atoms with Gasteiger partial charge in [0.05, 0.1) is 6.10 Å². The molecule has 2 aliphatic rings. The molecule has 3 rings (SSSR count). The number of ketones is 1. The van der Waals surface area contributed by atoms with Crippen LogP contribution >= 0.6 is 0 Å². The fraction of sp³-hybridized carbons (Fsp3) is 0.650. The van der Waals surface area contributed by atoms with Crippen LogP contribution in [0, 0.1) is 0 Å². The first-order chi connectivity index (χ1) is 11.7. The van der Waals surface area contributed by atoms with E-state index in [-0.39, 0.29) is 0 Å². The number of rotatable bonds is 6. The number of aliphatic hydroxyl groups excluding tert-OH is 1. The Kier molecular flexibility index (Phi) is 5.90. The van der Waals surface area contributed by atoms with Gasteiger partial charge in [-0.3, -0.25) is 4.79 Å². The number of nitrogens with zero attached hydrogens (tertiary/aromatic N) is 2. The summed E-state index contributed by atoms with van der Waals surface area (Å²) in [7, 11) is 0. The van der Waals surface area contributed by atoms with Crippen molar-refractivity contribution in [1.82, 2.24) is 4.90 Å². The van der Waals surface area contributed by atoms with Crippen molar-refractivity contribution < 1.29 is 9.90 Å². The largest absolute Gasteiger partial charge is 0.388 e. The van der Waals surface area contributed by atoms with Gasteiger partial charge in [-0.1, -0.05) is 19.1 Å². The first-order valence-electron chi connectivity index (χ1n) is 9.47. The van der Waals surface area contributed by atoms with Gasteiger partial charge in [-0.05, 0) is 42.9 Å². The molecular weight excluding hydrogens is 300 g/mol. The number of fused-ring (bicyclic) bond motifs is 1. The second-order valence-electron chi connectivity index (χ2n) is 7.16. The number of aryl methyl sites for hydroxylation is 1. The highest BCUT2D eigenvalue weighted by Gasteiger charge is 2.20. The number of aliphatic hydroxyl groups is 1. The van der Waals surface area contributed by atoms with Crippen LogP contribution in [0.15, 0.2) is 18.2 Å². The molecule has 1 atom stereocenters. The monoisotopic (exact) mass is 330 g/mol. The molecular formula is C20H30N2O2. The summed E-state index contributed by atoms with van der Waals surface area (Å²) in [4.78, 5) is 16.1. The molecule has 1 aromatic carbocycles. The minimum atomic E-state index is -0.408. The minimum absolute atomic E-state index is 0.373. The summed E-state index contributed by atoms with van der Waals surface area (Å²) in [6.07, 6.45) is 5.16. The number of likely N-dealkylation sites (tertiary alicyclic amines) is 1. The van der Waals surface area contributed by atoms with Crippen LogP contribution in [0.4, 0.5) is 5.69 Å². The fourth-order valence-electron chi connectivity index (χ4n) is 3.90. The molecule has 4 nitrogen and oxygen atoms in total. The fourth-order valence-corrected chi connectivity index (χ4v) is 3.90. The number of hydrogen-bond donors (Lipinski definition) is 1. The van der Waals surface area contributed by atoms with Gasteiger partial charge in [0.2, 0.25) is 0 Å². The SMILES string of the molecule is CCCN1CCCc2cc(C(O)CCN3CCC(=O)CC3)ccc21. The Morgan fingerprint density at radius 1 is 1.12 bits per heavy atom. The van der Waals surface area contributed by atoms with Gasteiger partial charge in [0.25, 0.3) is 0 Å². The van der Waals surface area contributed by atoms with Crippen LogP contribution in [-0.4, -0.2) is 48.5 Å². The molecule has 0 aromatic heterocycles. The highest BCUT2D eigenvalue weighted by molar-refractivity contribution is 5.79. The van der Waals surface area contributed by atoms with E-state index in [0.717, 1.165) is 51.1 Å². The molecule has 1 unspecified atom stereocenters. The lowest BCUT2D eigenvalue weighted by atomic mass is 9.96. The smallest absolute Gasteiger partial charge is 0.135 e. The van der Waals surface area contributed by atoms with Gasteiger partial charge in [0.15, 0.2) is 0 Å². The topological polar surface area (TPSA) is 43.8 Å². The molecule has 1 fully saturated rings. The molecule has 1 saturated heterocycles. The van der Waals surface area contributed by atoms with E-state index in [1.54, 1.807) is 0 Å². The zero-order chi connectivity index (χ0) is 16.9. The third-order valence-electron chi connectivity index (χ3n) is 5.33. The Balaban J connectivity index is 1.59. The Bertz CT molecular complexity index is 563. The molecule has 0 aliphatic carbocycles. The zero-order valence-corrected chi connectivity index (χ0v) is 14.8. The number of anilines is 1. The molecule has 4 heteroatoms. The Morgan fingerprint density at radius 3 is 2.67 bits per heavy atom. The summed E-state index contributed by atoms with van der Waals surface area (Å²) >= 11 is 0. The molecule has 132 valence electrons. The maximum absolute atomic E-state index is 11.3. The van der Waals surface area contributed by atoms with Gasteiger partial charge >= 0.3 is 0 Å². The van der Waals surface area contributed by atoms with E-state index < -0.39 is 6.10 Å². The number of hydrogen-bond acceptors (Lipinski definition) is 4. The lowest BCUT2D eigenvalue weighted by Crippen LogP contribution is -2.35. The predicted octanol–water partition coefficient (Wildman–Crippen LogP) is 2.94. The van der Waals surface area contributed by atoms with Crippen LogP contribution in [0.3, 0.4) is 0 Å². The molecule has 1 N–H and O–H groups in total. The van der Waals surface area contributed by atoms with Crippen LogP contribution in [0.2, 0.25) is 0 Å². The third kappa shape index (κ3) is 4.17. The maximum atomic E-state index is 11.3. The molecule has 0 amide bonds. The van der Waals surface area contributed by atoms with E-state index in [1.165, 1.54) is 24.1 Å². The average Bonchev–Trinajstić information content (AvgIpc) is 2.61. The molecule has 24 heavy (non-hydrogen) atoms. The van der Waals surface area contributed by atoms with Crippen LogP contribution in [0.1, 0.15) is 56.3 Å². The van der Waals surface area contributed by atoms with Gasteiger partial charge in [-0.2, -0.15) is 0 Å². The van der Waals surface area contributed by atoms with E-state index in [9.17, 15) is 9.90 Å². The van der Waals surface area contributed by atoms with Crippen molar-refractivity contribution in [2.24, 2.45) is 0 Å². The maximum Gasteiger partial charge on any atom is 0.135 e. The molecule has 1 aromatic rings. The summed E-state index contributed by atoms with van der Waals surface area (Å²) in [6.45, 7) is 7.05. The van der Waals surface area contributed by atoms with Crippen molar-refractivity contribution in [2.75, 3.05) is 37.6 Å². The van der Waals surface area contributed by atoms with Crippen molar-refractivity contribution in [1.29, 1.82) is 0 Å². The van der Waals surface area contributed by atoms with Crippen molar-refractivity contribution in [2.45, 2.75) is 51.6 Å². The summed E-state index contributed by atoms with van der Waals surface area (Å²) in [5.41, 5.74) is 3.78. The van der Waals surface area contributed by atoms with Crippen molar-refractivity contribution in [3.05, 3.63) is 29.3 Å². The highest BCUT2D eigenvalue weighted by Crippen LogP contribution is 2.30. The summed E-state index contributed by atoms with van der Waals surface area (Å²) < 4.78 is 0. The van der Waals surface area contributed by atoms with Crippen LogP contribution in [0.25, 0.3) is 0 Å². The Hall–Kier alpha value is -1.39. The zero-order valence-electron chi connectivity index (χ0n) is 14.8. The second kappa shape index (κ2) is 8.13. The number of piperidine rings is 1. The van der Waals surface area contributed by atoms with E-state index in [0.29, 0.717) is 18.6 Å². The average molecular weight is 330 g/mol. The van der Waals surface area contributed by atoms with Gasteiger partial charge < -0.3 is 14.9 Å². The van der Waals surface area contributed by atoms with Crippen molar-refractivity contribution >= 4 is 11.5 Å². The van der Waals surface area contributed by atoms with E-state index in [2.05, 4.69) is 34.9 Å². The number of Topliss-reactive ketones (excluding diaryl/α,β-unsaturated/α-hetero) is 1. The van der Waals surface area contributed by atoms with E-state index in [1.807, 2.05) is 0 Å². The molecule has 2 heterocycles. The molecule has 2 aliphatic heterocycles. The Morgan fingerprint density at radius 2 is 1.92 bits per heavy atom. The van der Waals surface area contributed by atoms with Crippen LogP contribution < -0.4 is 4.90 Å².